The number of benzene rings is 2. The highest BCUT2D eigenvalue weighted by molar-refractivity contribution is 6.05. The third-order valence-electron chi connectivity index (χ3n) is 6.04. The molecule has 6 heteroatoms. The van der Waals surface area contributed by atoms with Crippen LogP contribution in [-0.2, 0) is 16.1 Å². The molecule has 2 aliphatic rings. The maximum Gasteiger partial charge on any atom is 0.247 e. The minimum absolute atomic E-state index is 0.0711. The van der Waals surface area contributed by atoms with E-state index < -0.39 is 0 Å². The first-order valence-corrected chi connectivity index (χ1v) is 10.8. The number of hydrogen-bond donors (Lipinski definition) is 0. The highest BCUT2D eigenvalue weighted by Crippen LogP contribution is 2.23. The average molecular weight is 420 g/mol. The molecule has 0 N–H and O–H groups in total. The van der Waals surface area contributed by atoms with Crippen molar-refractivity contribution in [1.82, 2.24) is 14.7 Å². The summed E-state index contributed by atoms with van der Waals surface area (Å²) < 4.78 is 5.17. The van der Waals surface area contributed by atoms with Crippen molar-refractivity contribution in [3.8, 4) is 5.75 Å². The van der Waals surface area contributed by atoms with Crippen LogP contribution in [0, 0.1) is 0 Å². The Balaban J connectivity index is 1.28. The lowest BCUT2D eigenvalue weighted by atomic mass is 10.1. The maximum absolute atomic E-state index is 13.0. The molecule has 0 spiro atoms. The summed E-state index contributed by atoms with van der Waals surface area (Å²) in [7, 11) is 1.62. The fourth-order valence-electron chi connectivity index (χ4n) is 4.19. The van der Waals surface area contributed by atoms with E-state index in [0.29, 0.717) is 6.54 Å². The normalized spacial score (nSPS) is 20.7. The summed E-state index contributed by atoms with van der Waals surface area (Å²) in [5, 5.41) is 0. The van der Waals surface area contributed by atoms with Crippen molar-refractivity contribution in [2.45, 2.75) is 19.0 Å². The Morgan fingerprint density at radius 2 is 1.68 bits per heavy atom. The van der Waals surface area contributed by atoms with Crippen molar-refractivity contribution in [2.75, 3.05) is 39.8 Å². The van der Waals surface area contributed by atoms with E-state index in [-0.39, 0.29) is 24.3 Å². The number of likely N-dealkylation sites (tertiary alicyclic amines) is 1. The van der Waals surface area contributed by atoms with Crippen molar-refractivity contribution < 1.29 is 14.3 Å². The molecule has 1 atom stereocenters. The molecule has 6 nitrogen and oxygen atoms in total. The van der Waals surface area contributed by atoms with E-state index in [1.54, 1.807) is 7.11 Å². The molecule has 2 saturated heterocycles. The number of amides is 2. The summed E-state index contributed by atoms with van der Waals surface area (Å²) >= 11 is 0. The van der Waals surface area contributed by atoms with Gasteiger partial charge in [0.15, 0.2) is 0 Å². The third-order valence-corrected chi connectivity index (χ3v) is 6.04. The molecule has 2 aliphatic heterocycles. The molecule has 2 fully saturated rings. The van der Waals surface area contributed by atoms with Crippen LogP contribution in [0.25, 0.3) is 6.08 Å². The van der Waals surface area contributed by atoms with E-state index in [2.05, 4.69) is 34.1 Å². The van der Waals surface area contributed by atoms with Gasteiger partial charge in [-0.25, -0.2) is 0 Å². The molecule has 0 saturated carbocycles. The van der Waals surface area contributed by atoms with E-state index in [9.17, 15) is 9.59 Å². The van der Waals surface area contributed by atoms with E-state index in [1.807, 2.05) is 42.5 Å². The lowest BCUT2D eigenvalue weighted by molar-refractivity contribution is -0.140. The van der Waals surface area contributed by atoms with Crippen molar-refractivity contribution >= 4 is 17.9 Å². The number of carbonyl (C=O) groups excluding carboxylic acids is 2. The fraction of sp³-hybridized carbons (Fsp3) is 0.360. The number of hydrogen-bond acceptors (Lipinski definition) is 5. The molecule has 2 aromatic rings. The Kier molecular flexibility index (Phi) is 6.79. The van der Waals surface area contributed by atoms with Crippen molar-refractivity contribution in [1.29, 1.82) is 0 Å². The zero-order chi connectivity index (χ0) is 21.6. The number of rotatable bonds is 7. The van der Waals surface area contributed by atoms with Crippen LogP contribution >= 0.6 is 0 Å². The van der Waals surface area contributed by atoms with Gasteiger partial charge in [-0.2, -0.15) is 0 Å². The standard InChI is InChI=1S/C25H29N3O3/c1-31-22-11-9-21(10-12-22)19-28-24(29)18-23(25(28)30)27-16-14-26(15-17-27)13-5-8-20-6-3-2-4-7-20/h2-12,23H,13-19H2,1H3/b8-5+/t23-/m1/s1. The van der Waals surface area contributed by atoms with Crippen LogP contribution in [-0.4, -0.2) is 72.4 Å². The predicted molar refractivity (Wildman–Crippen MR) is 120 cm³/mol. The highest BCUT2D eigenvalue weighted by atomic mass is 16.5. The molecule has 2 aromatic carbocycles. The molecule has 0 bridgehead atoms. The molecule has 2 heterocycles. The van der Waals surface area contributed by atoms with E-state index in [4.69, 9.17) is 4.74 Å². The second-order valence-electron chi connectivity index (χ2n) is 8.04. The average Bonchev–Trinajstić information content (AvgIpc) is 3.09. The number of carbonyl (C=O) groups is 2. The molecule has 0 unspecified atom stereocenters. The summed E-state index contributed by atoms with van der Waals surface area (Å²) in [4.78, 5) is 31.5. The van der Waals surface area contributed by atoms with Crippen molar-refractivity contribution in [2.24, 2.45) is 0 Å². The van der Waals surface area contributed by atoms with Gasteiger partial charge in [0.05, 0.1) is 26.1 Å². The summed E-state index contributed by atoms with van der Waals surface area (Å²) in [5.41, 5.74) is 2.13. The largest absolute Gasteiger partial charge is 0.497 e. The van der Waals surface area contributed by atoms with Crippen molar-refractivity contribution in [3.05, 3.63) is 71.8 Å². The summed E-state index contributed by atoms with van der Waals surface area (Å²) in [6, 6.07) is 17.4. The number of imide groups is 1. The summed E-state index contributed by atoms with van der Waals surface area (Å²) in [6.45, 7) is 4.62. The van der Waals surface area contributed by atoms with Crippen LogP contribution < -0.4 is 4.74 Å². The van der Waals surface area contributed by atoms with Gasteiger partial charge in [-0.3, -0.25) is 24.3 Å². The summed E-state index contributed by atoms with van der Waals surface area (Å²) in [6.07, 6.45) is 4.61. The second-order valence-corrected chi connectivity index (χ2v) is 8.04. The molecule has 0 aromatic heterocycles. The molecule has 0 radical (unpaired) electrons. The van der Waals surface area contributed by atoms with E-state index in [0.717, 1.165) is 44.0 Å². The molecular formula is C25H29N3O3. The van der Waals surface area contributed by atoms with Crippen LogP contribution in [0.3, 0.4) is 0 Å². The smallest absolute Gasteiger partial charge is 0.247 e. The third kappa shape index (κ3) is 5.21. The van der Waals surface area contributed by atoms with Crippen LogP contribution in [0.2, 0.25) is 0 Å². The Morgan fingerprint density at radius 1 is 0.968 bits per heavy atom. The monoisotopic (exact) mass is 419 g/mol. The number of nitrogens with zero attached hydrogens (tertiary/aromatic N) is 3. The van der Waals surface area contributed by atoms with Gasteiger partial charge in [0.1, 0.15) is 5.75 Å². The molecule has 4 rings (SSSR count). The highest BCUT2D eigenvalue weighted by Gasteiger charge is 2.42. The van der Waals surface area contributed by atoms with Gasteiger partial charge < -0.3 is 4.74 Å². The Labute approximate surface area is 183 Å². The van der Waals surface area contributed by atoms with Gasteiger partial charge >= 0.3 is 0 Å². The van der Waals surface area contributed by atoms with Gasteiger partial charge in [-0.1, -0.05) is 54.6 Å². The maximum atomic E-state index is 13.0. The Morgan fingerprint density at radius 3 is 2.35 bits per heavy atom. The first kappa shape index (κ1) is 21.3. The second kappa shape index (κ2) is 9.90. The number of piperazine rings is 1. The zero-order valence-corrected chi connectivity index (χ0v) is 17.9. The zero-order valence-electron chi connectivity index (χ0n) is 17.9. The van der Waals surface area contributed by atoms with Crippen LogP contribution in [0.4, 0.5) is 0 Å². The Hall–Kier alpha value is -2.96. The summed E-state index contributed by atoms with van der Waals surface area (Å²) in [5.74, 6) is 0.606. The SMILES string of the molecule is COc1ccc(CN2C(=O)C[C@@H](N3CCN(C/C=C/c4ccccc4)CC3)C2=O)cc1. The first-order chi connectivity index (χ1) is 15.1. The molecule has 0 aliphatic carbocycles. The lowest BCUT2D eigenvalue weighted by Gasteiger charge is -2.36. The minimum atomic E-state index is -0.326. The predicted octanol–water partition coefficient (Wildman–Crippen LogP) is 2.65. The minimum Gasteiger partial charge on any atom is -0.497 e. The molecule has 162 valence electrons. The number of ether oxygens (including phenoxy) is 1. The first-order valence-electron chi connectivity index (χ1n) is 10.8. The molecule has 31 heavy (non-hydrogen) atoms. The fourth-order valence-corrected chi connectivity index (χ4v) is 4.19. The molecular weight excluding hydrogens is 390 g/mol. The van der Waals surface area contributed by atoms with Crippen LogP contribution in [0.5, 0.6) is 5.75 Å². The van der Waals surface area contributed by atoms with Gasteiger partial charge in [0, 0.05) is 32.7 Å². The van der Waals surface area contributed by atoms with Crippen LogP contribution in [0.15, 0.2) is 60.7 Å². The number of methoxy groups -OCH3 is 1. The van der Waals surface area contributed by atoms with E-state index >= 15 is 0 Å². The van der Waals surface area contributed by atoms with Gasteiger partial charge in [-0.05, 0) is 23.3 Å². The van der Waals surface area contributed by atoms with Crippen molar-refractivity contribution in [3.63, 3.8) is 0 Å². The quantitative estimate of drug-likeness (QED) is 0.646. The van der Waals surface area contributed by atoms with Gasteiger partial charge in [0.2, 0.25) is 11.8 Å². The van der Waals surface area contributed by atoms with Gasteiger partial charge in [0.25, 0.3) is 0 Å². The van der Waals surface area contributed by atoms with E-state index in [1.165, 1.54) is 10.5 Å². The van der Waals surface area contributed by atoms with Gasteiger partial charge in [-0.15, -0.1) is 0 Å². The topological polar surface area (TPSA) is 53.1 Å². The van der Waals surface area contributed by atoms with Crippen LogP contribution in [0.1, 0.15) is 17.5 Å². The Bertz CT molecular complexity index is 919. The lowest BCUT2D eigenvalue weighted by Crippen LogP contribution is -2.52. The molecule has 2 amide bonds.